The Balaban J connectivity index is 1.83. The highest BCUT2D eigenvalue weighted by atomic mass is 79.9. The highest BCUT2D eigenvalue weighted by molar-refractivity contribution is 9.10. The highest BCUT2D eigenvalue weighted by Gasteiger charge is 2.46. The summed E-state index contributed by atoms with van der Waals surface area (Å²) in [5.74, 6) is -1.10. The van der Waals surface area contributed by atoms with Gasteiger partial charge in [0, 0.05) is 10.0 Å². The maximum absolute atomic E-state index is 12.3. The second kappa shape index (κ2) is 6.57. The fourth-order valence-electron chi connectivity index (χ4n) is 2.89. The summed E-state index contributed by atoms with van der Waals surface area (Å²) >= 11 is 9.60. The van der Waals surface area contributed by atoms with Crippen LogP contribution in [0.3, 0.4) is 0 Å². The molecule has 3 rings (SSSR count). The van der Waals surface area contributed by atoms with Crippen LogP contribution in [0.4, 0.5) is 5.69 Å². The topological polar surface area (TPSA) is 66.4 Å². The van der Waals surface area contributed by atoms with E-state index in [1.807, 2.05) is 6.07 Å². The van der Waals surface area contributed by atoms with Crippen LogP contribution >= 0.6 is 27.5 Å². The smallest absolute Gasteiger partial charge is 0.314 e. The summed E-state index contributed by atoms with van der Waals surface area (Å²) in [6.07, 6.45) is 2.12. The zero-order valence-corrected chi connectivity index (χ0v) is 15.0. The molecule has 0 spiro atoms. The molecule has 4 nitrogen and oxygen atoms in total. The Morgan fingerprint density at radius 3 is 2.46 bits per heavy atom. The molecule has 0 saturated heterocycles. The molecule has 2 aromatic carbocycles. The van der Waals surface area contributed by atoms with Crippen LogP contribution in [0.25, 0.3) is 0 Å². The number of rotatable bonds is 4. The molecule has 0 bridgehead atoms. The number of carboxylic acids is 1. The molecular weight excluding hydrogens is 394 g/mol. The van der Waals surface area contributed by atoms with Gasteiger partial charge < -0.3 is 10.4 Å². The predicted octanol–water partition coefficient (Wildman–Crippen LogP) is 4.86. The van der Waals surface area contributed by atoms with Gasteiger partial charge >= 0.3 is 5.97 Å². The number of hydrogen-bond donors (Lipinski definition) is 2. The quantitative estimate of drug-likeness (QED) is 0.759. The van der Waals surface area contributed by atoms with Crippen LogP contribution in [-0.2, 0) is 10.2 Å². The van der Waals surface area contributed by atoms with Crippen LogP contribution in [0.1, 0.15) is 35.2 Å². The highest BCUT2D eigenvalue weighted by Crippen LogP contribution is 2.45. The van der Waals surface area contributed by atoms with Crippen molar-refractivity contribution in [3.8, 4) is 0 Å². The van der Waals surface area contributed by atoms with E-state index in [2.05, 4.69) is 21.2 Å². The molecule has 0 aliphatic heterocycles. The Bertz CT molecular complexity index is 818. The van der Waals surface area contributed by atoms with Gasteiger partial charge in [0.1, 0.15) is 0 Å². The molecule has 1 amide bonds. The average molecular weight is 409 g/mol. The first-order valence-electron chi connectivity index (χ1n) is 7.53. The van der Waals surface area contributed by atoms with Crippen molar-refractivity contribution >= 4 is 45.1 Å². The zero-order chi connectivity index (χ0) is 17.3. The molecule has 0 atom stereocenters. The lowest BCUT2D eigenvalue weighted by molar-refractivity contribution is -0.147. The number of anilines is 1. The minimum atomic E-state index is -0.837. The van der Waals surface area contributed by atoms with E-state index in [1.165, 1.54) is 0 Å². The van der Waals surface area contributed by atoms with E-state index in [9.17, 15) is 14.7 Å². The number of aliphatic carboxylic acids is 1. The second-order valence-electron chi connectivity index (χ2n) is 5.90. The van der Waals surface area contributed by atoms with Crippen molar-refractivity contribution < 1.29 is 14.7 Å². The molecule has 0 aromatic heterocycles. The van der Waals surface area contributed by atoms with Crippen LogP contribution in [0, 0.1) is 0 Å². The zero-order valence-electron chi connectivity index (χ0n) is 12.7. The summed E-state index contributed by atoms with van der Waals surface area (Å²) in [7, 11) is 0. The van der Waals surface area contributed by atoms with Gasteiger partial charge in [0.25, 0.3) is 5.91 Å². The summed E-state index contributed by atoms with van der Waals surface area (Å²) in [6, 6.07) is 12.1. The fraction of sp³-hybridized carbons (Fsp3) is 0.222. The molecule has 1 aliphatic carbocycles. The number of carbonyl (C=O) groups is 2. The first-order chi connectivity index (χ1) is 11.4. The van der Waals surface area contributed by atoms with Crippen molar-refractivity contribution in [1.29, 1.82) is 0 Å². The largest absolute Gasteiger partial charge is 0.481 e. The molecule has 2 N–H and O–H groups in total. The van der Waals surface area contributed by atoms with E-state index in [0.717, 1.165) is 10.9 Å². The lowest BCUT2D eigenvalue weighted by Crippen LogP contribution is -2.42. The second-order valence-corrected chi connectivity index (χ2v) is 7.22. The summed E-state index contributed by atoms with van der Waals surface area (Å²) in [5.41, 5.74) is 0.818. The van der Waals surface area contributed by atoms with Crippen molar-refractivity contribution in [2.24, 2.45) is 0 Å². The summed E-state index contributed by atoms with van der Waals surface area (Å²) in [4.78, 5) is 23.9. The van der Waals surface area contributed by atoms with Gasteiger partial charge in [0.15, 0.2) is 0 Å². The number of halogens is 2. The van der Waals surface area contributed by atoms with Crippen molar-refractivity contribution in [3.63, 3.8) is 0 Å². The molecule has 0 unspecified atom stereocenters. The third-order valence-electron chi connectivity index (χ3n) is 4.47. The van der Waals surface area contributed by atoms with E-state index in [4.69, 9.17) is 11.6 Å². The number of benzene rings is 2. The number of nitrogens with one attached hydrogen (secondary N) is 1. The lowest BCUT2D eigenvalue weighted by atomic mass is 9.64. The molecule has 124 valence electrons. The predicted molar refractivity (Wildman–Crippen MR) is 96.7 cm³/mol. The monoisotopic (exact) mass is 407 g/mol. The Morgan fingerprint density at radius 1 is 1.17 bits per heavy atom. The van der Waals surface area contributed by atoms with Crippen LogP contribution in [0.15, 0.2) is 46.9 Å². The average Bonchev–Trinajstić information content (AvgIpc) is 2.48. The Labute approximate surface area is 153 Å². The first kappa shape index (κ1) is 17.0. The van der Waals surface area contributed by atoms with Gasteiger partial charge in [0.2, 0.25) is 0 Å². The minimum absolute atomic E-state index is 0.275. The van der Waals surface area contributed by atoms with E-state index in [1.54, 1.807) is 36.4 Å². The Morgan fingerprint density at radius 2 is 1.92 bits per heavy atom. The van der Waals surface area contributed by atoms with Crippen molar-refractivity contribution in [2.75, 3.05) is 5.32 Å². The van der Waals surface area contributed by atoms with Gasteiger partial charge in [-0.3, -0.25) is 9.59 Å². The fourth-order valence-corrected chi connectivity index (χ4v) is 3.52. The first-order valence-corrected chi connectivity index (χ1v) is 8.70. The molecule has 0 radical (unpaired) electrons. The number of carbonyl (C=O) groups excluding carboxylic acids is 1. The van der Waals surface area contributed by atoms with E-state index in [0.29, 0.717) is 34.7 Å². The number of amides is 1. The van der Waals surface area contributed by atoms with Crippen molar-refractivity contribution in [1.82, 2.24) is 0 Å². The van der Waals surface area contributed by atoms with Gasteiger partial charge in [-0.15, -0.1) is 0 Å². The minimum Gasteiger partial charge on any atom is -0.481 e. The van der Waals surface area contributed by atoms with Crippen molar-refractivity contribution in [2.45, 2.75) is 24.7 Å². The maximum atomic E-state index is 12.3. The van der Waals surface area contributed by atoms with Gasteiger partial charge in [-0.05, 0) is 48.7 Å². The van der Waals surface area contributed by atoms with Gasteiger partial charge in [-0.2, -0.15) is 0 Å². The Kier molecular flexibility index (Phi) is 4.65. The molecule has 24 heavy (non-hydrogen) atoms. The summed E-state index contributed by atoms with van der Waals surface area (Å²) in [5, 5.41) is 12.6. The Hall–Kier alpha value is -1.85. The van der Waals surface area contributed by atoms with Crippen LogP contribution in [0.5, 0.6) is 0 Å². The normalized spacial score (nSPS) is 15.4. The third-order valence-corrected chi connectivity index (χ3v) is 5.28. The van der Waals surface area contributed by atoms with Crippen LogP contribution in [0.2, 0.25) is 5.02 Å². The molecule has 6 heteroatoms. The van der Waals surface area contributed by atoms with Crippen LogP contribution in [-0.4, -0.2) is 17.0 Å². The molecule has 1 fully saturated rings. The molecule has 2 aromatic rings. The van der Waals surface area contributed by atoms with Crippen LogP contribution < -0.4 is 5.32 Å². The molecule has 1 aliphatic rings. The number of hydrogen-bond acceptors (Lipinski definition) is 2. The summed E-state index contributed by atoms with van der Waals surface area (Å²) < 4.78 is 0.810. The van der Waals surface area contributed by atoms with Gasteiger partial charge in [0.05, 0.1) is 16.1 Å². The third kappa shape index (κ3) is 3.06. The lowest BCUT2D eigenvalue weighted by Gasteiger charge is -2.38. The molecule has 1 saturated carbocycles. The van der Waals surface area contributed by atoms with E-state index >= 15 is 0 Å². The van der Waals surface area contributed by atoms with Gasteiger partial charge in [-0.1, -0.05) is 46.1 Å². The van der Waals surface area contributed by atoms with Gasteiger partial charge in [-0.25, -0.2) is 0 Å². The molecule has 0 heterocycles. The van der Waals surface area contributed by atoms with E-state index in [-0.39, 0.29) is 5.91 Å². The SMILES string of the molecule is O=C(Nc1ccc(C2(C(=O)O)CCC2)cc1Cl)c1cccc(Br)c1. The standard InChI is InChI=1S/C18H15BrClNO3/c19-13-4-1-3-11(9-13)16(22)21-15-6-5-12(10-14(15)20)18(17(23)24)7-2-8-18/h1,3-6,9-10H,2,7-8H2,(H,21,22)(H,23,24). The maximum Gasteiger partial charge on any atom is 0.314 e. The number of carboxylic acid groups (broad SMARTS) is 1. The molecular formula is C18H15BrClNO3. The van der Waals surface area contributed by atoms with E-state index < -0.39 is 11.4 Å². The van der Waals surface area contributed by atoms with Crippen molar-refractivity contribution in [3.05, 3.63) is 63.1 Å². The summed E-state index contributed by atoms with van der Waals surface area (Å²) in [6.45, 7) is 0.